The fourth-order valence-electron chi connectivity index (χ4n) is 2.32. The van der Waals surface area contributed by atoms with Gasteiger partial charge in [0.1, 0.15) is 7.85 Å². The Hall–Kier alpha value is -1.20. The highest BCUT2D eigenvalue weighted by Crippen LogP contribution is 2.27. The second kappa shape index (κ2) is 5.63. The molecule has 1 atom stereocenters. The molecule has 4 nitrogen and oxygen atoms in total. The third-order valence-corrected chi connectivity index (χ3v) is 3.35. The molecule has 0 amide bonds. The van der Waals surface area contributed by atoms with Crippen molar-refractivity contribution >= 4 is 13.3 Å². The average molecular weight is 246 g/mol. The second-order valence-corrected chi connectivity index (χ2v) is 4.69. The van der Waals surface area contributed by atoms with Crippen molar-refractivity contribution in [3.05, 3.63) is 17.7 Å². The van der Waals surface area contributed by atoms with Crippen LogP contribution in [0.2, 0.25) is 0 Å². The summed E-state index contributed by atoms with van der Waals surface area (Å²) in [5.41, 5.74) is 7.69. The molecule has 0 saturated carbocycles. The lowest BCUT2D eigenvalue weighted by Crippen LogP contribution is -2.28. The van der Waals surface area contributed by atoms with Crippen LogP contribution in [0.3, 0.4) is 0 Å². The van der Waals surface area contributed by atoms with Crippen LogP contribution in [-0.4, -0.2) is 46.1 Å². The van der Waals surface area contributed by atoms with Gasteiger partial charge in [0.2, 0.25) is 0 Å². The van der Waals surface area contributed by atoms with Crippen LogP contribution in [-0.2, 0) is 6.54 Å². The predicted octanol–water partition coefficient (Wildman–Crippen LogP) is 0.0306. The predicted molar refractivity (Wildman–Crippen MR) is 72.8 cm³/mol. The van der Waals surface area contributed by atoms with Gasteiger partial charge in [-0.1, -0.05) is 5.46 Å². The molecule has 2 N–H and O–H groups in total. The quantitative estimate of drug-likeness (QED) is 0.761. The van der Waals surface area contributed by atoms with Gasteiger partial charge in [0, 0.05) is 25.7 Å². The van der Waals surface area contributed by atoms with Crippen molar-refractivity contribution in [2.45, 2.75) is 19.0 Å². The van der Waals surface area contributed by atoms with E-state index in [4.69, 9.17) is 23.1 Å². The molecule has 0 bridgehead atoms. The first-order valence-electron chi connectivity index (χ1n) is 6.12. The van der Waals surface area contributed by atoms with E-state index in [2.05, 4.69) is 4.90 Å². The Balaban J connectivity index is 2.17. The molecule has 1 fully saturated rings. The summed E-state index contributed by atoms with van der Waals surface area (Å²) in [5, 5.41) is 0. The maximum absolute atomic E-state index is 6.04. The summed E-state index contributed by atoms with van der Waals surface area (Å²) in [7, 11) is 9.28. The fraction of sp³-hybridized carbons (Fsp3) is 0.538. The van der Waals surface area contributed by atoms with Crippen molar-refractivity contribution in [2.24, 2.45) is 5.73 Å². The first-order chi connectivity index (χ1) is 8.63. The third kappa shape index (κ3) is 2.79. The van der Waals surface area contributed by atoms with Crippen LogP contribution in [0.25, 0.3) is 0 Å². The molecule has 1 aliphatic heterocycles. The fourth-order valence-corrected chi connectivity index (χ4v) is 2.32. The minimum absolute atomic E-state index is 0.284. The summed E-state index contributed by atoms with van der Waals surface area (Å²) in [6.07, 6.45) is 1.05. The maximum Gasteiger partial charge on any atom is 0.160 e. The van der Waals surface area contributed by atoms with Crippen LogP contribution < -0.4 is 20.7 Å². The zero-order chi connectivity index (χ0) is 13.1. The molecule has 1 aromatic rings. The molecule has 0 spiro atoms. The summed E-state index contributed by atoms with van der Waals surface area (Å²) in [6.45, 7) is 2.75. The van der Waals surface area contributed by atoms with Gasteiger partial charge in [0.25, 0.3) is 0 Å². The first kappa shape index (κ1) is 13.2. The molecule has 18 heavy (non-hydrogen) atoms. The molecule has 2 rings (SSSR count). The topological polar surface area (TPSA) is 47.7 Å². The van der Waals surface area contributed by atoms with Crippen LogP contribution in [0, 0.1) is 0 Å². The summed E-state index contributed by atoms with van der Waals surface area (Å²) in [6, 6.07) is 4.04. The van der Waals surface area contributed by atoms with Gasteiger partial charge in [-0.15, -0.1) is 0 Å². The summed E-state index contributed by atoms with van der Waals surface area (Å²) < 4.78 is 10.5. The van der Waals surface area contributed by atoms with Crippen molar-refractivity contribution < 1.29 is 9.47 Å². The Labute approximate surface area is 109 Å². The van der Waals surface area contributed by atoms with Crippen LogP contribution >= 0.6 is 0 Å². The van der Waals surface area contributed by atoms with Crippen molar-refractivity contribution in [1.29, 1.82) is 0 Å². The lowest BCUT2D eigenvalue weighted by molar-refractivity contribution is 0.324. The van der Waals surface area contributed by atoms with E-state index in [1.807, 2.05) is 12.1 Å². The molecular weight excluding hydrogens is 227 g/mol. The molecule has 0 aliphatic carbocycles. The van der Waals surface area contributed by atoms with Gasteiger partial charge in [-0.2, -0.15) is 0 Å². The Bertz CT molecular complexity index is 426. The first-order valence-corrected chi connectivity index (χ1v) is 6.12. The van der Waals surface area contributed by atoms with Crippen LogP contribution in [0.15, 0.2) is 12.1 Å². The van der Waals surface area contributed by atoms with Crippen molar-refractivity contribution in [2.75, 3.05) is 27.3 Å². The van der Waals surface area contributed by atoms with Crippen molar-refractivity contribution in [1.82, 2.24) is 4.90 Å². The summed E-state index contributed by atoms with van der Waals surface area (Å²) in [4.78, 5) is 2.31. The molecule has 1 heterocycles. The highest BCUT2D eigenvalue weighted by atomic mass is 16.5. The number of nitrogens with two attached hydrogens (primary N) is 1. The van der Waals surface area contributed by atoms with Gasteiger partial charge < -0.3 is 15.2 Å². The maximum atomic E-state index is 6.04. The minimum atomic E-state index is 0.284. The molecule has 1 aromatic carbocycles. The number of ether oxygens (including phenoxy) is 2. The van der Waals surface area contributed by atoms with Crippen LogP contribution in [0.5, 0.6) is 11.5 Å². The Morgan fingerprint density at radius 1 is 1.33 bits per heavy atom. The zero-order valence-electron chi connectivity index (χ0n) is 11.0. The van der Waals surface area contributed by atoms with E-state index >= 15 is 0 Å². The average Bonchev–Trinajstić information content (AvgIpc) is 2.77. The molecule has 0 aromatic heterocycles. The summed E-state index contributed by atoms with van der Waals surface area (Å²) >= 11 is 0. The van der Waals surface area contributed by atoms with E-state index in [1.165, 1.54) is 0 Å². The van der Waals surface area contributed by atoms with Gasteiger partial charge in [-0.3, -0.25) is 4.90 Å². The minimum Gasteiger partial charge on any atom is -0.493 e. The van der Waals surface area contributed by atoms with E-state index < -0.39 is 0 Å². The van der Waals surface area contributed by atoms with E-state index in [1.54, 1.807) is 14.2 Å². The SMILES string of the molecule is [B]c1cc(OC)c(OC)cc1CN1CCC(N)C1. The summed E-state index contributed by atoms with van der Waals surface area (Å²) in [5.74, 6) is 1.38. The Kier molecular flexibility index (Phi) is 4.14. The number of likely N-dealkylation sites (tertiary alicyclic amines) is 1. The van der Waals surface area contributed by atoms with Crippen molar-refractivity contribution in [3.8, 4) is 11.5 Å². The van der Waals surface area contributed by atoms with E-state index in [-0.39, 0.29) is 6.04 Å². The standard InChI is InChI=1S/C13H19BN2O2/c1-17-12-5-9(11(14)6-13(12)18-2)7-16-4-3-10(15)8-16/h5-6,10H,3-4,7-8,15H2,1-2H3. The molecule has 5 heteroatoms. The molecule has 1 saturated heterocycles. The van der Waals surface area contributed by atoms with Crippen LogP contribution in [0.1, 0.15) is 12.0 Å². The Morgan fingerprint density at radius 2 is 2.00 bits per heavy atom. The number of hydrogen-bond acceptors (Lipinski definition) is 4. The van der Waals surface area contributed by atoms with Gasteiger partial charge in [-0.25, -0.2) is 0 Å². The Morgan fingerprint density at radius 3 is 2.56 bits per heavy atom. The number of rotatable bonds is 4. The van der Waals surface area contributed by atoms with Gasteiger partial charge >= 0.3 is 0 Å². The normalized spacial score (nSPS) is 20.1. The molecule has 1 unspecified atom stereocenters. The number of benzene rings is 1. The molecule has 96 valence electrons. The number of methoxy groups -OCH3 is 2. The largest absolute Gasteiger partial charge is 0.493 e. The second-order valence-electron chi connectivity index (χ2n) is 4.69. The van der Waals surface area contributed by atoms with Gasteiger partial charge in [0.15, 0.2) is 11.5 Å². The van der Waals surface area contributed by atoms with E-state index in [0.717, 1.165) is 37.1 Å². The number of nitrogens with zero attached hydrogens (tertiary/aromatic N) is 1. The van der Waals surface area contributed by atoms with E-state index in [9.17, 15) is 0 Å². The molecule has 2 radical (unpaired) electrons. The monoisotopic (exact) mass is 246 g/mol. The van der Waals surface area contributed by atoms with Crippen molar-refractivity contribution in [3.63, 3.8) is 0 Å². The highest BCUT2D eigenvalue weighted by molar-refractivity contribution is 6.33. The third-order valence-electron chi connectivity index (χ3n) is 3.35. The number of hydrogen-bond donors (Lipinski definition) is 1. The molecular formula is C13H19BN2O2. The van der Waals surface area contributed by atoms with Gasteiger partial charge in [-0.05, 0) is 24.1 Å². The lowest BCUT2D eigenvalue weighted by atomic mass is 9.89. The van der Waals surface area contributed by atoms with E-state index in [0.29, 0.717) is 11.5 Å². The van der Waals surface area contributed by atoms with Gasteiger partial charge in [0.05, 0.1) is 14.2 Å². The zero-order valence-corrected chi connectivity index (χ0v) is 11.0. The van der Waals surface area contributed by atoms with Crippen LogP contribution in [0.4, 0.5) is 0 Å². The highest BCUT2D eigenvalue weighted by Gasteiger charge is 2.20. The molecule has 1 aliphatic rings. The lowest BCUT2D eigenvalue weighted by Gasteiger charge is -2.19. The smallest absolute Gasteiger partial charge is 0.160 e.